The third kappa shape index (κ3) is 5.28. The normalized spacial score (nSPS) is 14.0. The second kappa shape index (κ2) is 13.2. The summed E-state index contributed by atoms with van der Waals surface area (Å²) in [6.45, 7) is 0. The molecule has 0 aliphatic heterocycles. The van der Waals surface area contributed by atoms with E-state index in [2.05, 4.69) is 168 Å². The van der Waals surface area contributed by atoms with Crippen molar-refractivity contribution < 1.29 is 4.42 Å². The second-order valence-corrected chi connectivity index (χ2v) is 14.3. The topological polar surface area (TPSA) is 56.7 Å². The van der Waals surface area contributed by atoms with Gasteiger partial charge in [0.25, 0.3) is 0 Å². The van der Waals surface area contributed by atoms with Gasteiger partial charge >= 0.3 is 0 Å². The van der Waals surface area contributed by atoms with Crippen LogP contribution >= 0.6 is 0 Å². The number of fused-ring (bicyclic) bond motifs is 6. The minimum absolute atomic E-state index is 0.0482. The van der Waals surface area contributed by atoms with Crippen molar-refractivity contribution >= 4 is 43.7 Å². The molecular formula is C51H34N4O. The molecule has 5 heteroatoms. The summed E-state index contributed by atoms with van der Waals surface area (Å²) in [5, 5.41) is 4.36. The Balaban J connectivity index is 1.21. The van der Waals surface area contributed by atoms with Gasteiger partial charge < -0.3 is 8.98 Å². The first kappa shape index (κ1) is 32.1. The van der Waals surface area contributed by atoms with Crippen LogP contribution in [0.1, 0.15) is 18.2 Å². The van der Waals surface area contributed by atoms with Gasteiger partial charge in [0.1, 0.15) is 11.4 Å². The lowest BCUT2D eigenvalue weighted by Gasteiger charge is -2.15. The van der Waals surface area contributed by atoms with E-state index >= 15 is 0 Å². The van der Waals surface area contributed by atoms with E-state index < -0.39 is 0 Å². The van der Waals surface area contributed by atoms with Gasteiger partial charge in [0.15, 0.2) is 17.2 Å². The highest BCUT2D eigenvalue weighted by Crippen LogP contribution is 2.45. The number of nitrogens with zero attached hydrogens (tertiary/aromatic N) is 4. The van der Waals surface area contributed by atoms with Gasteiger partial charge in [-0.25, -0.2) is 15.0 Å². The summed E-state index contributed by atoms with van der Waals surface area (Å²) in [7, 11) is 0. The van der Waals surface area contributed by atoms with Crippen molar-refractivity contribution in [2.75, 3.05) is 0 Å². The maximum Gasteiger partial charge on any atom is 0.164 e. The maximum absolute atomic E-state index is 7.22. The molecule has 0 bridgehead atoms. The minimum Gasteiger partial charge on any atom is -0.453 e. The number of aromatic nitrogens is 4. The van der Waals surface area contributed by atoms with Crippen molar-refractivity contribution in [3.05, 3.63) is 194 Å². The fourth-order valence-corrected chi connectivity index (χ4v) is 8.30. The van der Waals surface area contributed by atoms with E-state index in [1.807, 2.05) is 24.3 Å². The molecule has 0 amide bonds. The Labute approximate surface area is 323 Å². The molecule has 0 saturated heterocycles. The predicted molar refractivity (Wildman–Crippen MR) is 229 cm³/mol. The zero-order valence-electron chi connectivity index (χ0n) is 30.4. The predicted octanol–water partition coefficient (Wildman–Crippen LogP) is 13.1. The molecule has 0 saturated carbocycles. The summed E-state index contributed by atoms with van der Waals surface area (Å²) in [5.41, 5.74) is 11.1. The summed E-state index contributed by atoms with van der Waals surface area (Å²) in [5.74, 6) is 2.08. The van der Waals surface area contributed by atoms with E-state index in [4.69, 9.17) is 19.4 Å². The van der Waals surface area contributed by atoms with Crippen molar-refractivity contribution in [2.45, 2.75) is 12.3 Å². The average molecular weight is 719 g/mol. The second-order valence-electron chi connectivity index (χ2n) is 14.3. The molecule has 3 heterocycles. The molecule has 7 aromatic carbocycles. The Hall–Kier alpha value is -7.37. The molecule has 3 aromatic heterocycles. The van der Waals surface area contributed by atoms with Crippen LogP contribution in [-0.2, 0) is 0 Å². The van der Waals surface area contributed by atoms with E-state index in [0.717, 1.165) is 78.7 Å². The molecule has 1 aliphatic carbocycles. The molecule has 1 unspecified atom stereocenters. The fraction of sp³-hybridized carbons (Fsp3) is 0.0392. The lowest BCUT2D eigenvalue weighted by atomic mass is 9.97. The van der Waals surface area contributed by atoms with E-state index in [0.29, 0.717) is 11.6 Å². The van der Waals surface area contributed by atoms with Crippen LogP contribution in [-0.4, -0.2) is 19.5 Å². The highest BCUT2D eigenvalue weighted by Gasteiger charge is 2.24. The van der Waals surface area contributed by atoms with Crippen LogP contribution in [0.3, 0.4) is 0 Å². The molecular weight excluding hydrogens is 685 g/mol. The lowest BCUT2D eigenvalue weighted by Crippen LogP contribution is -2.08. The van der Waals surface area contributed by atoms with Gasteiger partial charge in [-0.05, 0) is 53.4 Å². The van der Waals surface area contributed by atoms with Gasteiger partial charge in [0.05, 0.1) is 16.7 Å². The Bertz CT molecular complexity index is 3160. The molecule has 1 atom stereocenters. The van der Waals surface area contributed by atoms with Crippen molar-refractivity contribution in [1.82, 2.24) is 19.5 Å². The van der Waals surface area contributed by atoms with Gasteiger partial charge in [-0.2, -0.15) is 0 Å². The number of benzene rings is 7. The Morgan fingerprint density at radius 2 is 1.16 bits per heavy atom. The minimum atomic E-state index is 0.0482. The standard InChI is InChI=1S/C51H34N4O/c1-5-16-33(17-6-1)37-28-29-40-39-24-13-14-26-43(39)55(45(40)32-37)44-27-15-25-41-46-42(31-30-38(48(46)56-47(41)44)34-18-7-2-8-19-34)51-53-49(35-20-9-3-10-21-35)52-50(54-51)36-22-11-4-12-23-36/h1-22,24-32,36H,23H2. The van der Waals surface area contributed by atoms with Crippen LogP contribution in [0.15, 0.2) is 193 Å². The third-order valence-corrected chi connectivity index (χ3v) is 11.0. The number of rotatable bonds is 6. The summed E-state index contributed by atoms with van der Waals surface area (Å²) in [4.78, 5) is 15.5. The van der Waals surface area contributed by atoms with Gasteiger partial charge in [-0.15, -0.1) is 0 Å². The van der Waals surface area contributed by atoms with Gasteiger partial charge in [-0.3, -0.25) is 0 Å². The SMILES string of the molecule is C1=CCC(c2nc(-c3ccccc3)nc(-c3ccc(-c4ccccc4)c4oc5c(-n6c7ccccc7c7ccc(-c8ccccc8)cc76)cccc5c34)n2)C=C1. The van der Waals surface area contributed by atoms with Crippen LogP contribution in [0.4, 0.5) is 0 Å². The van der Waals surface area contributed by atoms with Gasteiger partial charge in [-0.1, -0.05) is 158 Å². The van der Waals surface area contributed by atoms with E-state index in [-0.39, 0.29) is 5.92 Å². The number of hydrogen-bond acceptors (Lipinski definition) is 4. The van der Waals surface area contributed by atoms with Crippen LogP contribution in [0.25, 0.3) is 94.5 Å². The number of hydrogen-bond donors (Lipinski definition) is 0. The van der Waals surface area contributed by atoms with Crippen molar-refractivity contribution in [3.8, 4) is 50.7 Å². The van der Waals surface area contributed by atoms with Crippen molar-refractivity contribution in [1.29, 1.82) is 0 Å². The molecule has 5 nitrogen and oxygen atoms in total. The van der Waals surface area contributed by atoms with Gasteiger partial charge in [0.2, 0.25) is 0 Å². The zero-order valence-corrected chi connectivity index (χ0v) is 30.4. The molecule has 56 heavy (non-hydrogen) atoms. The molecule has 0 N–H and O–H groups in total. The Morgan fingerprint density at radius 1 is 0.482 bits per heavy atom. The van der Waals surface area contributed by atoms with Crippen molar-refractivity contribution in [3.63, 3.8) is 0 Å². The van der Waals surface area contributed by atoms with E-state index in [9.17, 15) is 0 Å². The quantitative estimate of drug-likeness (QED) is 0.172. The van der Waals surface area contributed by atoms with Crippen molar-refractivity contribution in [2.24, 2.45) is 0 Å². The van der Waals surface area contributed by atoms with Crippen LogP contribution < -0.4 is 0 Å². The number of para-hydroxylation sites is 2. The fourth-order valence-electron chi connectivity index (χ4n) is 8.30. The largest absolute Gasteiger partial charge is 0.453 e. The maximum atomic E-state index is 7.22. The van der Waals surface area contributed by atoms with Crippen LogP contribution in [0, 0.1) is 0 Å². The number of allylic oxidation sites excluding steroid dienone is 4. The molecule has 1 aliphatic rings. The summed E-state index contributed by atoms with van der Waals surface area (Å²) >= 11 is 0. The Morgan fingerprint density at radius 3 is 1.95 bits per heavy atom. The smallest absolute Gasteiger partial charge is 0.164 e. The first-order valence-corrected chi connectivity index (χ1v) is 19.1. The van der Waals surface area contributed by atoms with Gasteiger partial charge in [0, 0.05) is 44.2 Å². The Kier molecular flexibility index (Phi) is 7.56. The van der Waals surface area contributed by atoms with E-state index in [1.165, 1.54) is 16.3 Å². The monoisotopic (exact) mass is 718 g/mol. The molecule has 0 radical (unpaired) electrons. The summed E-state index contributed by atoms with van der Waals surface area (Å²) in [6.07, 6.45) is 9.34. The third-order valence-electron chi connectivity index (χ3n) is 11.0. The molecule has 0 spiro atoms. The molecule has 11 rings (SSSR count). The highest BCUT2D eigenvalue weighted by molar-refractivity contribution is 6.18. The average Bonchev–Trinajstić information content (AvgIpc) is 3.83. The van der Waals surface area contributed by atoms with Crippen LogP contribution in [0.2, 0.25) is 0 Å². The highest BCUT2D eigenvalue weighted by atomic mass is 16.3. The number of furan rings is 1. The molecule has 10 aromatic rings. The summed E-state index contributed by atoms with van der Waals surface area (Å²) in [6, 6.07) is 57.4. The van der Waals surface area contributed by atoms with Crippen LogP contribution in [0.5, 0.6) is 0 Å². The van der Waals surface area contributed by atoms with E-state index in [1.54, 1.807) is 0 Å². The first-order valence-electron chi connectivity index (χ1n) is 19.1. The zero-order chi connectivity index (χ0) is 37.0. The lowest BCUT2D eigenvalue weighted by molar-refractivity contribution is 0.667. The summed E-state index contributed by atoms with van der Waals surface area (Å²) < 4.78 is 9.58. The first-order chi connectivity index (χ1) is 27.8. The molecule has 264 valence electrons. The molecule has 0 fully saturated rings.